The number of benzene rings is 1. The molecule has 3 heteroatoms. The van der Waals surface area contributed by atoms with E-state index >= 15 is 0 Å². The molecule has 0 saturated heterocycles. The minimum Gasteiger partial charge on any atom is -0.508 e. The van der Waals surface area contributed by atoms with E-state index in [9.17, 15) is 0 Å². The topological polar surface area (TPSA) is 33.1 Å². The molecule has 1 aromatic heterocycles. The number of aromatic hydroxyl groups is 1. The molecule has 14 heavy (non-hydrogen) atoms. The Labute approximate surface area is 95.8 Å². The number of pyridine rings is 1. The molecule has 0 radical (unpaired) electrons. The van der Waals surface area contributed by atoms with E-state index in [0.29, 0.717) is 0 Å². The van der Waals surface area contributed by atoms with Crippen LogP contribution in [0.15, 0.2) is 42.6 Å². The number of hydrogen-bond acceptors (Lipinski definition) is 2. The fraction of sp³-hybridized carbons (Fsp3) is 0. The molecule has 1 aromatic carbocycles. The van der Waals surface area contributed by atoms with Gasteiger partial charge in [0.15, 0.2) is 0 Å². The fourth-order valence-electron chi connectivity index (χ4n) is 1.18. The molecule has 0 bridgehead atoms. The second-order valence-electron chi connectivity index (χ2n) is 2.91. The normalized spacial score (nSPS) is 10.1. The molecule has 0 spiro atoms. The third kappa shape index (κ3) is 2.04. The number of phenols is 1. The van der Waals surface area contributed by atoms with E-state index in [1.165, 1.54) is 0 Å². The van der Waals surface area contributed by atoms with Crippen LogP contribution in [0, 0.1) is 3.57 Å². The van der Waals surface area contributed by atoms with Gasteiger partial charge in [-0.05, 0) is 59.0 Å². The first kappa shape index (κ1) is 9.45. The van der Waals surface area contributed by atoms with Gasteiger partial charge in [-0.15, -0.1) is 0 Å². The van der Waals surface area contributed by atoms with Gasteiger partial charge in [0.1, 0.15) is 5.75 Å². The third-order valence-electron chi connectivity index (χ3n) is 1.89. The van der Waals surface area contributed by atoms with Crippen molar-refractivity contribution in [3.8, 4) is 17.0 Å². The van der Waals surface area contributed by atoms with Crippen molar-refractivity contribution >= 4 is 22.6 Å². The maximum atomic E-state index is 9.13. The molecule has 0 fully saturated rings. The summed E-state index contributed by atoms with van der Waals surface area (Å²) in [6.07, 6.45) is 1.82. The maximum absolute atomic E-state index is 9.13. The largest absolute Gasteiger partial charge is 0.508 e. The lowest BCUT2D eigenvalue weighted by Gasteiger charge is -2.00. The van der Waals surface area contributed by atoms with E-state index in [1.807, 2.05) is 30.5 Å². The van der Waals surface area contributed by atoms with E-state index in [4.69, 9.17) is 5.11 Å². The van der Waals surface area contributed by atoms with Gasteiger partial charge in [-0.1, -0.05) is 0 Å². The summed E-state index contributed by atoms with van der Waals surface area (Å²) in [7, 11) is 0. The van der Waals surface area contributed by atoms with Crippen LogP contribution in [0.2, 0.25) is 0 Å². The Morgan fingerprint density at radius 1 is 1.00 bits per heavy atom. The number of halogens is 1. The second-order valence-corrected chi connectivity index (χ2v) is 4.15. The standard InChI is InChI=1S/C11H8INO/c12-9-3-6-11(13-7-9)8-1-4-10(14)5-2-8/h1-7,14H. The average Bonchev–Trinajstić information content (AvgIpc) is 2.21. The lowest BCUT2D eigenvalue weighted by Crippen LogP contribution is -1.82. The molecule has 0 saturated carbocycles. The van der Waals surface area contributed by atoms with Gasteiger partial charge in [0.05, 0.1) is 5.69 Å². The zero-order valence-corrected chi connectivity index (χ0v) is 9.47. The highest BCUT2D eigenvalue weighted by Gasteiger charge is 1.98. The lowest BCUT2D eigenvalue weighted by atomic mass is 10.1. The van der Waals surface area contributed by atoms with Crippen molar-refractivity contribution in [2.75, 3.05) is 0 Å². The highest BCUT2D eigenvalue weighted by molar-refractivity contribution is 14.1. The van der Waals surface area contributed by atoms with Gasteiger partial charge in [0, 0.05) is 15.3 Å². The zero-order valence-electron chi connectivity index (χ0n) is 7.31. The molecule has 0 atom stereocenters. The van der Waals surface area contributed by atoms with Crippen molar-refractivity contribution in [3.05, 3.63) is 46.2 Å². The lowest BCUT2D eigenvalue weighted by molar-refractivity contribution is 0.475. The Kier molecular flexibility index (Phi) is 2.67. The molecular formula is C11H8INO. The zero-order chi connectivity index (χ0) is 9.97. The SMILES string of the molecule is Oc1ccc(-c2ccc(I)cn2)cc1. The molecule has 0 aliphatic carbocycles. The summed E-state index contributed by atoms with van der Waals surface area (Å²) >= 11 is 2.22. The van der Waals surface area contributed by atoms with E-state index in [0.717, 1.165) is 14.8 Å². The number of aromatic nitrogens is 1. The van der Waals surface area contributed by atoms with Gasteiger partial charge in [0.25, 0.3) is 0 Å². The van der Waals surface area contributed by atoms with Crippen LogP contribution in [0.3, 0.4) is 0 Å². The number of phenolic OH excluding ortho intramolecular Hbond substituents is 1. The highest BCUT2D eigenvalue weighted by Crippen LogP contribution is 2.20. The van der Waals surface area contributed by atoms with Gasteiger partial charge in [0.2, 0.25) is 0 Å². The number of rotatable bonds is 1. The van der Waals surface area contributed by atoms with E-state index in [1.54, 1.807) is 12.1 Å². The first-order valence-electron chi connectivity index (χ1n) is 4.17. The Morgan fingerprint density at radius 2 is 1.71 bits per heavy atom. The molecule has 1 N–H and O–H groups in total. The van der Waals surface area contributed by atoms with Gasteiger partial charge >= 0.3 is 0 Å². The summed E-state index contributed by atoms with van der Waals surface area (Å²) in [5, 5.41) is 9.13. The summed E-state index contributed by atoms with van der Waals surface area (Å²) in [4.78, 5) is 4.29. The summed E-state index contributed by atoms with van der Waals surface area (Å²) in [6.45, 7) is 0. The van der Waals surface area contributed by atoms with Gasteiger partial charge < -0.3 is 5.11 Å². The van der Waals surface area contributed by atoms with E-state index in [-0.39, 0.29) is 5.75 Å². The van der Waals surface area contributed by atoms with Crippen molar-refractivity contribution in [2.24, 2.45) is 0 Å². The quantitative estimate of drug-likeness (QED) is 0.821. The van der Waals surface area contributed by atoms with Crippen LogP contribution >= 0.6 is 22.6 Å². The van der Waals surface area contributed by atoms with Crippen LogP contribution in [0.25, 0.3) is 11.3 Å². The molecule has 0 aliphatic rings. The molecule has 2 aromatic rings. The van der Waals surface area contributed by atoms with Crippen LogP contribution in [0.5, 0.6) is 5.75 Å². The monoisotopic (exact) mass is 297 g/mol. The van der Waals surface area contributed by atoms with Gasteiger partial charge in [-0.2, -0.15) is 0 Å². The van der Waals surface area contributed by atoms with Crippen LogP contribution in [-0.4, -0.2) is 10.1 Å². The summed E-state index contributed by atoms with van der Waals surface area (Å²) in [5.41, 5.74) is 1.93. The molecule has 2 nitrogen and oxygen atoms in total. The molecule has 0 amide bonds. The highest BCUT2D eigenvalue weighted by atomic mass is 127. The molecule has 1 heterocycles. The molecule has 2 rings (SSSR count). The molecule has 0 aliphatic heterocycles. The molecule has 70 valence electrons. The Bertz CT molecular complexity index is 379. The van der Waals surface area contributed by atoms with Crippen LogP contribution in [0.1, 0.15) is 0 Å². The predicted molar refractivity (Wildman–Crippen MR) is 64.1 cm³/mol. The fourth-order valence-corrected chi connectivity index (χ4v) is 1.50. The van der Waals surface area contributed by atoms with Crippen molar-refractivity contribution in [1.82, 2.24) is 4.98 Å². The van der Waals surface area contributed by atoms with Crippen LogP contribution in [0.4, 0.5) is 0 Å². The predicted octanol–water partition coefficient (Wildman–Crippen LogP) is 3.06. The van der Waals surface area contributed by atoms with Crippen molar-refractivity contribution < 1.29 is 5.11 Å². The summed E-state index contributed by atoms with van der Waals surface area (Å²) in [5.74, 6) is 0.277. The third-order valence-corrected chi connectivity index (χ3v) is 2.53. The maximum Gasteiger partial charge on any atom is 0.115 e. The molecular weight excluding hydrogens is 289 g/mol. The second kappa shape index (κ2) is 3.96. The Morgan fingerprint density at radius 3 is 2.29 bits per heavy atom. The summed E-state index contributed by atoms with van der Waals surface area (Å²) < 4.78 is 1.12. The van der Waals surface area contributed by atoms with Crippen LogP contribution in [-0.2, 0) is 0 Å². The number of nitrogens with zero attached hydrogens (tertiary/aromatic N) is 1. The van der Waals surface area contributed by atoms with E-state index in [2.05, 4.69) is 27.6 Å². The average molecular weight is 297 g/mol. The number of hydrogen-bond donors (Lipinski definition) is 1. The van der Waals surface area contributed by atoms with E-state index < -0.39 is 0 Å². The van der Waals surface area contributed by atoms with Crippen LogP contribution < -0.4 is 0 Å². The Hall–Kier alpha value is -1.10. The van der Waals surface area contributed by atoms with Gasteiger partial charge in [-0.25, -0.2) is 0 Å². The first-order chi connectivity index (χ1) is 6.75. The van der Waals surface area contributed by atoms with Gasteiger partial charge in [-0.3, -0.25) is 4.98 Å². The molecule has 0 unspecified atom stereocenters. The first-order valence-corrected chi connectivity index (χ1v) is 5.24. The minimum atomic E-state index is 0.277. The Balaban J connectivity index is 2.40. The van der Waals surface area contributed by atoms with Crippen molar-refractivity contribution in [3.63, 3.8) is 0 Å². The minimum absolute atomic E-state index is 0.277. The van der Waals surface area contributed by atoms with Crippen molar-refractivity contribution in [1.29, 1.82) is 0 Å². The van der Waals surface area contributed by atoms with Crippen molar-refractivity contribution in [2.45, 2.75) is 0 Å². The summed E-state index contributed by atoms with van der Waals surface area (Å²) in [6, 6.07) is 11.0. The smallest absolute Gasteiger partial charge is 0.115 e.